The van der Waals surface area contributed by atoms with Crippen molar-refractivity contribution in [3.63, 3.8) is 0 Å². The molecule has 3 nitrogen and oxygen atoms in total. The highest BCUT2D eigenvalue weighted by Crippen LogP contribution is 2.20. The smallest absolute Gasteiger partial charge is 0.0830 e. The lowest BCUT2D eigenvalue weighted by Crippen LogP contribution is -2.30. The highest BCUT2D eigenvalue weighted by molar-refractivity contribution is 4.70. The number of hydrogen-bond donors (Lipinski definition) is 0. The van der Waals surface area contributed by atoms with Crippen LogP contribution < -0.4 is 0 Å². The molecule has 2 fully saturated rings. The van der Waals surface area contributed by atoms with Crippen LogP contribution in [0.4, 0.5) is 0 Å². The van der Waals surface area contributed by atoms with E-state index in [9.17, 15) is 0 Å². The van der Waals surface area contributed by atoms with Crippen molar-refractivity contribution in [3.8, 4) is 0 Å². The molecule has 0 aromatic rings. The van der Waals surface area contributed by atoms with E-state index in [2.05, 4.69) is 11.9 Å². The van der Waals surface area contributed by atoms with Crippen molar-refractivity contribution in [1.29, 1.82) is 0 Å². The summed E-state index contributed by atoms with van der Waals surface area (Å²) in [6.07, 6.45) is 5.41. The first-order valence-corrected chi connectivity index (χ1v) is 7.22. The third-order valence-corrected chi connectivity index (χ3v) is 3.61. The van der Waals surface area contributed by atoms with Gasteiger partial charge < -0.3 is 14.4 Å². The van der Waals surface area contributed by atoms with Gasteiger partial charge >= 0.3 is 0 Å². The first-order chi connectivity index (χ1) is 8.34. The average molecular weight is 243 g/mol. The topological polar surface area (TPSA) is 21.7 Å². The van der Waals surface area contributed by atoms with Crippen molar-refractivity contribution in [3.05, 3.63) is 0 Å². The molecular formula is C14H29NO2. The largest absolute Gasteiger partial charge is 0.379 e. The second-order valence-corrected chi connectivity index (χ2v) is 4.89. The van der Waals surface area contributed by atoms with Gasteiger partial charge in [0.15, 0.2) is 0 Å². The predicted molar refractivity (Wildman–Crippen MR) is 71.4 cm³/mol. The van der Waals surface area contributed by atoms with Gasteiger partial charge in [0.25, 0.3) is 0 Å². The molecule has 0 saturated carbocycles. The van der Waals surface area contributed by atoms with Crippen LogP contribution in [-0.2, 0) is 9.47 Å². The SMILES string of the molecule is CC.CN1CCC(CCOC2CCOC2)CC1. The van der Waals surface area contributed by atoms with Gasteiger partial charge in [-0.3, -0.25) is 0 Å². The van der Waals surface area contributed by atoms with Crippen LogP contribution >= 0.6 is 0 Å². The molecule has 0 aromatic carbocycles. The Morgan fingerprint density at radius 1 is 1.18 bits per heavy atom. The van der Waals surface area contributed by atoms with E-state index < -0.39 is 0 Å². The molecule has 0 amide bonds. The van der Waals surface area contributed by atoms with Gasteiger partial charge in [-0.2, -0.15) is 0 Å². The molecule has 2 aliphatic heterocycles. The van der Waals surface area contributed by atoms with Crippen LogP contribution in [0.5, 0.6) is 0 Å². The molecule has 0 bridgehead atoms. The summed E-state index contributed by atoms with van der Waals surface area (Å²) in [5.74, 6) is 0.892. The Hall–Kier alpha value is -0.120. The fourth-order valence-electron chi connectivity index (χ4n) is 2.40. The quantitative estimate of drug-likeness (QED) is 0.757. The van der Waals surface area contributed by atoms with Gasteiger partial charge in [0, 0.05) is 13.2 Å². The van der Waals surface area contributed by atoms with Gasteiger partial charge in [0.1, 0.15) is 0 Å². The maximum Gasteiger partial charge on any atom is 0.0830 e. The van der Waals surface area contributed by atoms with Crippen molar-refractivity contribution < 1.29 is 9.47 Å². The van der Waals surface area contributed by atoms with Crippen LogP contribution in [0.2, 0.25) is 0 Å². The number of likely N-dealkylation sites (tertiary alicyclic amines) is 1. The van der Waals surface area contributed by atoms with Crippen LogP contribution in [0.1, 0.15) is 39.5 Å². The van der Waals surface area contributed by atoms with E-state index >= 15 is 0 Å². The van der Waals surface area contributed by atoms with Crippen molar-refractivity contribution >= 4 is 0 Å². The molecule has 0 aliphatic carbocycles. The first kappa shape index (κ1) is 14.9. The molecule has 0 aromatic heterocycles. The Labute approximate surface area is 106 Å². The Balaban J connectivity index is 0.000000686. The van der Waals surface area contributed by atoms with Crippen LogP contribution in [0.25, 0.3) is 0 Å². The number of nitrogens with zero attached hydrogens (tertiary/aromatic N) is 1. The molecule has 0 N–H and O–H groups in total. The zero-order valence-corrected chi connectivity index (χ0v) is 11.8. The second-order valence-electron chi connectivity index (χ2n) is 4.89. The molecule has 2 aliphatic rings. The number of ether oxygens (including phenoxy) is 2. The summed E-state index contributed by atoms with van der Waals surface area (Å²) in [5, 5.41) is 0. The summed E-state index contributed by atoms with van der Waals surface area (Å²) in [6.45, 7) is 9.16. The monoisotopic (exact) mass is 243 g/mol. The molecule has 2 rings (SSSR count). The van der Waals surface area contributed by atoms with Crippen molar-refractivity contribution in [1.82, 2.24) is 4.90 Å². The molecule has 1 atom stereocenters. The Morgan fingerprint density at radius 2 is 1.88 bits per heavy atom. The Kier molecular flexibility index (Phi) is 7.82. The van der Waals surface area contributed by atoms with Gasteiger partial charge in [0.2, 0.25) is 0 Å². The summed E-state index contributed by atoms with van der Waals surface area (Å²) >= 11 is 0. The summed E-state index contributed by atoms with van der Waals surface area (Å²) in [7, 11) is 2.21. The third kappa shape index (κ3) is 5.84. The molecule has 2 heterocycles. The molecule has 2 saturated heterocycles. The summed E-state index contributed by atoms with van der Waals surface area (Å²) in [5.41, 5.74) is 0. The van der Waals surface area contributed by atoms with E-state index in [-0.39, 0.29) is 0 Å². The molecule has 0 spiro atoms. The van der Waals surface area contributed by atoms with Crippen LogP contribution in [-0.4, -0.2) is 51.0 Å². The van der Waals surface area contributed by atoms with Crippen LogP contribution in [0.3, 0.4) is 0 Å². The summed E-state index contributed by atoms with van der Waals surface area (Å²) in [6, 6.07) is 0. The predicted octanol–water partition coefficient (Wildman–Crippen LogP) is 2.55. The fourth-order valence-corrected chi connectivity index (χ4v) is 2.40. The van der Waals surface area contributed by atoms with E-state index in [0.717, 1.165) is 32.2 Å². The van der Waals surface area contributed by atoms with Crippen LogP contribution in [0, 0.1) is 5.92 Å². The van der Waals surface area contributed by atoms with E-state index in [4.69, 9.17) is 9.47 Å². The Morgan fingerprint density at radius 3 is 2.47 bits per heavy atom. The number of hydrogen-bond acceptors (Lipinski definition) is 3. The van der Waals surface area contributed by atoms with Crippen molar-refractivity contribution in [2.45, 2.75) is 45.6 Å². The lowest BCUT2D eigenvalue weighted by molar-refractivity contribution is 0.0311. The fraction of sp³-hybridized carbons (Fsp3) is 1.00. The number of piperidine rings is 1. The molecule has 1 unspecified atom stereocenters. The van der Waals surface area contributed by atoms with Gasteiger partial charge in [-0.05, 0) is 51.7 Å². The van der Waals surface area contributed by atoms with Gasteiger partial charge in [0.05, 0.1) is 12.7 Å². The maximum atomic E-state index is 5.79. The average Bonchev–Trinajstić information content (AvgIpc) is 2.87. The van der Waals surface area contributed by atoms with E-state index in [1.165, 1.54) is 32.4 Å². The standard InChI is InChI=1S/C12H23NO2.C2H6/c1-13-6-2-11(3-7-13)4-9-15-12-5-8-14-10-12;1-2/h11-12H,2-10H2,1H3;1-2H3. The van der Waals surface area contributed by atoms with Gasteiger partial charge in [-0.25, -0.2) is 0 Å². The highest BCUT2D eigenvalue weighted by Gasteiger charge is 2.19. The van der Waals surface area contributed by atoms with E-state index in [0.29, 0.717) is 6.10 Å². The highest BCUT2D eigenvalue weighted by atomic mass is 16.5. The summed E-state index contributed by atoms with van der Waals surface area (Å²) in [4.78, 5) is 2.42. The second kappa shape index (κ2) is 8.90. The maximum absolute atomic E-state index is 5.79. The molecule has 3 heteroatoms. The van der Waals surface area contributed by atoms with Crippen LogP contribution in [0.15, 0.2) is 0 Å². The summed E-state index contributed by atoms with van der Waals surface area (Å²) < 4.78 is 11.1. The molecule has 0 radical (unpaired) electrons. The minimum absolute atomic E-state index is 0.385. The normalized spacial score (nSPS) is 26.6. The minimum Gasteiger partial charge on any atom is -0.379 e. The van der Waals surface area contributed by atoms with Gasteiger partial charge in [-0.1, -0.05) is 13.8 Å². The molecule has 102 valence electrons. The molecular weight excluding hydrogens is 214 g/mol. The van der Waals surface area contributed by atoms with E-state index in [1.807, 2.05) is 13.8 Å². The zero-order chi connectivity index (χ0) is 12.5. The van der Waals surface area contributed by atoms with Crippen molar-refractivity contribution in [2.75, 3.05) is 40.0 Å². The minimum atomic E-state index is 0.385. The Bertz CT molecular complexity index is 173. The van der Waals surface area contributed by atoms with E-state index in [1.54, 1.807) is 0 Å². The molecule has 17 heavy (non-hydrogen) atoms. The van der Waals surface area contributed by atoms with Crippen molar-refractivity contribution in [2.24, 2.45) is 5.92 Å². The third-order valence-electron chi connectivity index (χ3n) is 3.61. The first-order valence-electron chi connectivity index (χ1n) is 7.22. The number of rotatable bonds is 4. The van der Waals surface area contributed by atoms with Gasteiger partial charge in [-0.15, -0.1) is 0 Å². The zero-order valence-electron chi connectivity index (χ0n) is 11.8. The lowest BCUT2D eigenvalue weighted by atomic mass is 9.94. The lowest BCUT2D eigenvalue weighted by Gasteiger charge is -2.29.